The highest BCUT2D eigenvalue weighted by atomic mass is 32.3. The van der Waals surface area contributed by atoms with Gasteiger partial charge in [0.1, 0.15) is 0 Å². The van der Waals surface area contributed by atoms with E-state index in [1.807, 2.05) is 0 Å². The second-order valence-corrected chi connectivity index (χ2v) is 10.1. The quantitative estimate of drug-likeness (QED) is 0.581. The van der Waals surface area contributed by atoms with Crippen molar-refractivity contribution in [2.24, 2.45) is 0 Å². The molecule has 13 heavy (non-hydrogen) atoms. The molecule has 82 valence electrons. The first kappa shape index (κ1) is 13.4. The fourth-order valence-corrected chi connectivity index (χ4v) is 2.73. The summed E-state index contributed by atoms with van der Waals surface area (Å²) >= 11 is 0. The van der Waals surface area contributed by atoms with E-state index in [1.165, 1.54) is 31.4 Å². The van der Waals surface area contributed by atoms with Crippen LogP contribution in [0.15, 0.2) is 0 Å². The van der Waals surface area contributed by atoms with Crippen molar-refractivity contribution < 1.29 is 0 Å². The average Bonchev–Trinajstić information content (AvgIpc) is 1.96. The van der Waals surface area contributed by atoms with Gasteiger partial charge in [-0.3, -0.25) is 0 Å². The van der Waals surface area contributed by atoms with Crippen molar-refractivity contribution in [3.8, 4) is 0 Å². The van der Waals surface area contributed by atoms with Gasteiger partial charge in [0.05, 0.1) is 0 Å². The zero-order valence-corrected chi connectivity index (χ0v) is 11.3. The van der Waals surface area contributed by atoms with Gasteiger partial charge in [0.15, 0.2) is 0 Å². The smallest absolute Gasteiger partial charge is 0.00872 e. The molecule has 0 amide bonds. The lowest BCUT2D eigenvalue weighted by molar-refractivity contribution is 0.699. The third kappa shape index (κ3) is 4.95. The van der Waals surface area contributed by atoms with Crippen LogP contribution in [-0.4, -0.2) is 23.0 Å². The summed E-state index contributed by atoms with van der Waals surface area (Å²) in [6.07, 6.45) is 10.6. The van der Waals surface area contributed by atoms with E-state index in [4.69, 9.17) is 0 Å². The Kier molecular flexibility index (Phi) is 5.43. The molecule has 0 aliphatic heterocycles. The standard InChI is InChI=1S/C12H28S/c1-7-8-9-10-11-13(5,6)12(2,3)4/h7-11H2,1-6H3. The summed E-state index contributed by atoms with van der Waals surface area (Å²) < 4.78 is 0.527. The molecule has 0 rings (SSSR count). The minimum Gasteiger partial charge on any atom is -0.242 e. The van der Waals surface area contributed by atoms with Gasteiger partial charge < -0.3 is 0 Å². The van der Waals surface area contributed by atoms with Gasteiger partial charge in [-0.2, -0.15) is 0 Å². The summed E-state index contributed by atoms with van der Waals surface area (Å²) in [6.45, 7) is 9.45. The van der Waals surface area contributed by atoms with Crippen LogP contribution in [0.3, 0.4) is 0 Å². The lowest BCUT2D eigenvalue weighted by atomic mass is 10.2. The first-order valence-electron chi connectivity index (χ1n) is 5.52. The molecule has 0 atom stereocenters. The van der Waals surface area contributed by atoms with Crippen LogP contribution in [0.4, 0.5) is 0 Å². The Morgan fingerprint density at radius 2 is 1.46 bits per heavy atom. The van der Waals surface area contributed by atoms with Crippen molar-refractivity contribution in [3.63, 3.8) is 0 Å². The minimum absolute atomic E-state index is 0.378. The van der Waals surface area contributed by atoms with E-state index in [0.29, 0.717) is 4.75 Å². The minimum atomic E-state index is -0.378. The van der Waals surface area contributed by atoms with Crippen LogP contribution >= 0.6 is 10.0 Å². The van der Waals surface area contributed by atoms with Crippen molar-refractivity contribution in [3.05, 3.63) is 0 Å². The summed E-state index contributed by atoms with van der Waals surface area (Å²) in [5, 5.41) is 0. The second kappa shape index (κ2) is 5.29. The molecular weight excluding hydrogens is 176 g/mol. The maximum absolute atomic E-state index is 2.49. The van der Waals surface area contributed by atoms with Crippen molar-refractivity contribution in [1.29, 1.82) is 0 Å². The number of rotatable bonds is 5. The zero-order valence-electron chi connectivity index (χ0n) is 10.4. The Bertz CT molecular complexity index is 131. The largest absolute Gasteiger partial charge is 0.242 e. The van der Waals surface area contributed by atoms with Crippen molar-refractivity contribution >= 4 is 10.0 Å². The van der Waals surface area contributed by atoms with E-state index in [0.717, 1.165) is 0 Å². The molecule has 0 fully saturated rings. The molecule has 0 saturated heterocycles. The monoisotopic (exact) mass is 204 g/mol. The molecule has 0 spiro atoms. The van der Waals surface area contributed by atoms with E-state index in [2.05, 4.69) is 40.2 Å². The van der Waals surface area contributed by atoms with E-state index >= 15 is 0 Å². The van der Waals surface area contributed by atoms with Crippen LogP contribution in [0.2, 0.25) is 0 Å². The molecule has 1 heteroatoms. The molecule has 0 saturated carbocycles. The SMILES string of the molecule is CCCCCCS(C)(C)C(C)(C)C. The normalized spacial score (nSPS) is 14.6. The van der Waals surface area contributed by atoms with Gasteiger partial charge in [0.25, 0.3) is 0 Å². The molecule has 0 unspecified atom stereocenters. The van der Waals surface area contributed by atoms with Crippen LogP contribution in [0.5, 0.6) is 0 Å². The predicted octanol–water partition coefficient (Wildman–Crippen LogP) is 4.43. The van der Waals surface area contributed by atoms with Crippen molar-refractivity contribution in [2.75, 3.05) is 18.3 Å². The molecule has 0 aromatic heterocycles. The summed E-state index contributed by atoms with van der Waals surface area (Å²) in [5.74, 6) is 1.45. The molecule has 0 aliphatic carbocycles. The molecule has 0 N–H and O–H groups in total. The highest BCUT2D eigenvalue weighted by Gasteiger charge is 2.26. The molecule has 0 nitrogen and oxygen atoms in total. The second-order valence-electron chi connectivity index (χ2n) is 5.42. The molecule has 0 aromatic rings. The van der Waals surface area contributed by atoms with E-state index in [-0.39, 0.29) is 10.0 Å². The van der Waals surface area contributed by atoms with Gasteiger partial charge >= 0.3 is 0 Å². The molecular formula is C12H28S. The van der Waals surface area contributed by atoms with Gasteiger partial charge in [-0.25, -0.2) is 10.0 Å². The first-order valence-corrected chi connectivity index (χ1v) is 8.13. The average molecular weight is 204 g/mol. The highest BCUT2D eigenvalue weighted by molar-refractivity contribution is 8.33. The lowest BCUT2D eigenvalue weighted by Gasteiger charge is -2.44. The summed E-state index contributed by atoms with van der Waals surface area (Å²) in [6, 6.07) is 0. The Morgan fingerprint density at radius 3 is 1.85 bits per heavy atom. The number of hydrogen-bond acceptors (Lipinski definition) is 0. The van der Waals surface area contributed by atoms with Crippen molar-refractivity contribution in [2.45, 2.75) is 58.1 Å². The topological polar surface area (TPSA) is 0 Å². The molecule has 0 radical (unpaired) electrons. The predicted molar refractivity (Wildman–Crippen MR) is 68.2 cm³/mol. The van der Waals surface area contributed by atoms with Crippen LogP contribution < -0.4 is 0 Å². The van der Waals surface area contributed by atoms with E-state index in [9.17, 15) is 0 Å². The number of hydrogen-bond donors (Lipinski definition) is 0. The van der Waals surface area contributed by atoms with Gasteiger partial charge in [-0.15, -0.1) is 0 Å². The van der Waals surface area contributed by atoms with E-state index in [1.54, 1.807) is 0 Å². The summed E-state index contributed by atoms with van der Waals surface area (Å²) in [4.78, 5) is 0. The summed E-state index contributed by atoms with van der Waals surface area (Å²) in [7, 11) is -0.378. The molecule has 0 heterocycles. The van der Waals surface area contributed by atoms with Gasteiger partial charge in [0.2, 0.25) is 0 Å². The van der Waals surface area contributed by atoms with Gasteiger partial charge in [-0.1, -0.05) is 47.0 Å². The Morgan fingerprint density at radius 1 is 0.923 bits per heavy atom. The summed E-state index contributed by atoms with van der Waals surface area (Å²) in [5.41, 5.74) is 0. The van der Waals surface area contributed by atoms with Crippen LogP contribution in [-0.2, 0) is 0 Å². The maximum atomic E-state index is 2.49. The van der Waals surface area contributed by atoms with Crippen molar-refractivity contribution in [1.82, 2.24) is 0 Å². The fraction of sp³-hybridized carbons (Fsp3) is 1.00. The Hall–Kier alpha value is 0.350. The van der Waals surface area contributed by atoms with E-state index < -0.39 is 0 Å². The number of unbranched alkanes of at least 4 members (excludes halogenated alkanes) is 3. The molecule has 0 aliphatic rings. The Labute approximate surface area is 86.8 Å². The van der Waals surface area contributed by atoms with Crippen LogP contribution in [0.1, 0.15) is 53.4 Å². The van der Waals surface area contributed by atoms with Crippen LogP contribution in [0, 0.1) is 0 Å². The van der Waals surface area contributed by atoms with Gasteiger partial charge in [0, 0.05) is 0 Å². The third-order valence-electron chi connectivity index (χ3n) is 3.17. The third-order valence-corrected chi connectivity index (χ3v) is 7.79. The molecule has 0 bridgehead atoms. The maximum Gasteiger partial charge on any atom is -0.00872 e. The van der Waals surface area contributed by atoms with Crippen LogP contribution in [0.25, 0.3) is 0 Å². The highest BCUT2D eigenvalue weighted by Crippen LogP contribution is 2.53. The van der Waals surface area contributed by atoms with Gasteiger partial charge in [-0.05, 0) is 29.4 Å². The Balaban J connectivity index is 3.77. The fourth-order valence-electron chi connectivity index (χ4n) is 1.20. The lowest BCUT2D eigenvalue weighted by Crippen LogP contribution is -2.25. The molecule has 0 aromatic carbocycles. The first-order chi connectivity index (χ1) is 5.81. The zero-order chi connectivity index (χ0) is 10.5.